The average Bonchev–Trinajstić information content (AvgIpc) is 2.96. The molecular formula is C13H20N2OS. The van der Waals surface area contributed by atoms with E-state index in [1.54, 1.807) is 0 Å². The highest BCUT2D eigenvalue weighted by molar-refractivity contribution is 7.17. The Morgan fingerprint density at radius 3 is 2.47 bits per heavy atom. The van der Waals surface area contributed by atoms with Crippen LogP contribution in [0.25, 0.3) is 0 Å². The Hall–Kier alpha value is -0.900. The minimum Gasteiger partial charge on any atom is -0.345 e. The molecule has 0 N–H and O–H groups in total. The van der Waals surface area contributed by atoms with Crippen LogP contribution in [0.3, 0.4) is 0 Å². The van der Waals surface area contributed by atoms with Gasteiger partial charge < -0.3 is 4.90 Å². The van der Waals surface area contributed by atoms with Crippen molar-refractivity contribution < 1.29 is 4.79 Å². The maximum Gasteiger partial charge on any atom is 0.186 e. The summed E-state index contributed by atoms with van der Waals surface area (Å²) in [5, 5.41) is 1.02. The maximum atomic E-state index is 11.1. The molecule has 0 bridgehead atoms. The van der Waals surface area contributed by atoms with Crippen molar-refractivity contribution in [3.63, 3.8) is 0 Å². The van der Waals surface area contributed by atoms with Crippen molar-refractivity contribution in [3.8, 4) is 0 Å². The van der Waals surface area contributed by atoms with Crippen molar-refractivity contribution in [1.29, 1.82) is 0 Å². The second-order valence-corrected chi connectivity index (χ2v) is 6.60. The molecule has 1 heterocycles. The Morgan fingerprint density at radius 1 is 1.47 bits per heavy atom. The molecule has 0 radical (unpaired) electrons. The fraction of sp³-hybridized carbons (Fsp3) is 0.692. The van der Waals surface area contributed by atoms with Crippen LogP contribution in [0.5, 0.6) is 0 Å². The minimum absolute atomic E-state index is 0.0616. The van der Waals surface area contributed by atoms with E-state index in [2.05, 4.69) is 32.6 Å². The fourth-order valence-corrected chi connectivity index (χ4v) is 3.22. The SMILES string of the molecule is CCN(c1nc(C(C)(C)C)c(C=O)s1)C1CC1. The van der Waals surface area contributed by atoms with E-state index in [4.69, 9.17) is 4.98 Å². The van der Waals surface area contributed by atoms with Crippen molar-refractivity contribution in [2.45, 2.75) is 52.0 Å². The number of anilines is 1. The van der Waals surface area contributed by atoms with Crippen LogP contribution in [0.1, 0.15) is 55.9 Å². The van der Waals surface area contributed by atoms with Gasteiger partial charge in [0.15, 0.2) is 11.4 Å². The van der Waals surface area contributed by atoms with Crippen molar-refractivity contribution >= 4 is 22.8 Å². The number of nitrogens with zero attached hydrogens (tertiary/aromatic N) is 2. The molecule has 0 atom stereocenters. The molecule has 1 aliphatic carbocycles. The van der Waals surface area contributed by atoms with Crippen molar-refractivity contribution in [2.75, 3.05) is 11.4 Å². The maximum absolute atomic E-state index is 11.1. The van der Waals surface area contributed by atoms with Crippen LogP contribution in [0.15, 0.2) is 0 Å². The molecule has 1 fully saturated rings. The van der Waals surface area contributed by atoms with Crippen LogP contribution in [0, 0.1) is 0 Å². The molecule has 1 saturated carbocycles. The van der Waals surface area contributed by atoms with Crippen LogP contribution in [0.4, 0.5) is 5.13 Å². The normalized spacial score (nSPS) is 16.0. The summed E-state index contributed by atoms with van der Waals surface area (Å²) in [6, 6.07) is 0.651. The molecule has 0 saturated heterocycles. The molecule has 1 aromatic rings. The summed E-state index contributed by atoms with van der Waals surface area (Å²) in [4.78, 5) is 18.9. The molecule has 3 nitrogen and oxygen atoms in total. The molecule has 17 heavy (non-hydrogen) atoms. The van der Waals surface area contributed by atoms with Gasteiger partial charge in [-0.3, -0.25) is 4.79 Å². The van der Waals surface area contributed by atoms with Gasteiger partial charge in [0.25, 0.3) is 0 Å². The van der Waals surface area contributed by atoms with Crippen molar-refractivity contribution in [3.05, 3.63) is 10.6 Å². The van der Waals surface area contributed by atoms with Gasteiger partial charge in [0.2, 0.25) is 0 Å². The van der Waals surface area contributed by atoms with Gasteiger partial charge in [-0.25, -0.2) is 4.98 Å². The second kappa shape index (κ2) is 4.41. The topological polar surface area (TPSA) is 33.2 Å². The Morgan fingerprint density at radius 2 is 2.12 bits per heavy atom. The van der Waals surface area contributed by atoms with E-state index < -0.39 is 0 Å². The monoisotopic (exact) mass is 252 g/mol. The molecule has 1 aromatic heterocycles. The van der Waals surface area contributed by atoms with Crippen LogP contribution in [0.2, 0.25) is 0 Å². The lowest BCUT2D eigenvalue weighted by Gasteiger charge is -2.19. The van der Waals surface area contributed by atoms with E-state index in [1.807, 2.05) is 0 Å². The lowest BCUT2D eigenvalue weighted by atomic mass is 9.91. The summed E-state index contributed by atoms with van der Waals surface area (Å²) >= 11 is 1.53. The molecule has 2 rings (SSSR count). The lowest BCUT2D eigenvalue weighted by molar-refractivity contribution is 0.112. The predicted octanol–water partition coefficient (Wildman–Crippen LogP) is 3.24. The van der Waals surface area contributed by atoms with Crippen LogP contribution < -0.4 is 4.90 Å². The largest absolute Gasteiger partial charge is 0.345 e. The Balaban J connectivity index is 2.36. The van der Waals surface area contributed by atoms with Crippen molar-refractivity contribution in [2.24, 2.45) is 0 Å². The van der Waals surface area contributed by atoms with Gasteiger partial charge in [-0.05, 0) is 19.8 Å². The third-order valence-corrected chi connectivity index (χ3v) is 4.05. The first-order chi connectivity index (χ1) is 7.97. The highest BCUT2D eigenvalue weighted by atomic mass is 32.1. The van der Waals surface area contributed by atoms with Crippen molar-refractivity contribution in [1.82, 2.24) is 4.98 Å². The lowest BCUT2D eigenvalue weighted by Crippen LogP contribution is -2.25. The molecule has 0 aliphatic heterocycles. The third-order valence-electron chi connectivity index (χ3n) is 3.03. The zero-order chi connectivity index (χ0) is 12.6. The number of carbonyl (C=O) groups excluding carboxylic acids is 1. The number of rotatable bonds is 4. The van der Waals surface area contributed by atoms with Crippen LogP contribution >= 0.6 is 11.3 Å². The molecule has 0 unspecified atom stereocenters. The van der Waals surface area contributed by atoms with Gasteiger partial charge in [0, 0.05) is 18.0 Å². The zero-order valence-corrected chi connectivity index (χ0v) is 11.8. The van der Waals surface area contributed by atoms with Gasteiger partial charge in [-0.2, -0.15) is 0 Å². The van der Waals surface area contributed by atoms with E-state index in [1.165, 1.54) is 24.2 Å². The predicted molar refractivity (Wildman–Crippen MR) is 72.2 cm³/mol. The van der Waals surface area contributed by atoms with Gasteiger partial charge in [0.05, 0.1) is 10.6 Å². The average molecular weight is 252 g/mol. The highest BCUT2D eigenvalue weighted by Crippen LogP contribution is 2.37. The third kappa shape index (κ3) is 2.51. The molecule has 94 valence electrons. The number of aromatic nitrogens is 1. The standard InChI is InChI=1S/C13H20N2OS/c1-5-15(9-6-7-9)12-14-11(13(2,3)4)10(8-16)17-12/h8-9H,5-7H2,1-4H3. The smallest absolute Gasteiger partial charge is 0.186 e. The Kier molecular flexibility index (Phi) is 3.25. The Labute approximate surface area is 107 Å². The van der Waals surface area contributed by atoms with Gasteiger partial charge in [-0.15, -0.1) is 0 Å². The summed E-state index contributed by atoms with van der Waals surface area (Å²) in [6.07, 6.45) is 3.46. The van der Waals surface area contributed by atoms with E-state index in [0.717, 1.165) is 28.5 Å². The Bertz CT molecular complexity index is 416. The van der Waals surface area contributed by atoms with Gasteiger partial charge >= 0.3 is 0 Å². The summed E-state index contributed by atoms with van der Waals surface area (Å²) in [6.45, 7) is 9.43. The number of hydrogen-bond acceptors (Lipinski definition) is 4. The quantitative estimate of drug-likeness (QED) is 0.771. The molecule has 0 spiro atoms. The van der Waals surface area contributed by atoms with E-state index in [9.17, 15) is 4.79 Å². The summed E-state index contributed by atoms with van der Waals surface area (Å²) in [5.74, 6) is 0. The molecule has 0 aromatic carbocycles. The van der Waals surface area contributed by atoms with Crippen LogP contribution in [-0.2, 0) is 5.41 Å². The first kappa shape index (κ1) is 12.6. The number of hydrogen-bond donors (Lipinski definition) is 0. The first-order valence-electron chi connectivity index (χ1n) is 6.20. The van der Waals surface area contributed by atoms with E-state index in [-0.39, 0.29) is 5.41 Å². The zero-order valence-electron chi connectivity index (χ0n) is 11.0. The van der Waals surface area contributed by atoms with Crippen LogP contribution in [-0.4, -0.2) is 23.9 Å². The molecule has 4 heteroatoms. The summed E-state index contributed by atoms with van der Waals surface area (Å²) in [7, 11) is 0. The van der Waals surface area contributed by atoms with E-state index in [0.29, 0.717) is 6.04 Å². The number of aldehydes is 1. The highest BCUT2D eigenvalue weighted by Gasteiger charge is 2.32. The molecular weight excluding hydrogens is 232 g/mol. The molecule has 1 aliphatic rings. The molecule has 0 amide bonds. The van der Waals surface area contributed by atoms with E-state index >= 15 is 0 Å². The summed E-state index contributed by atoms with van der Waals surface area (Å²) < 4.78 is 0. The fourth-order valence-electron chi connectivity index (χ4n) is 2.00. The first-order valence-corrected chi connectivity index (χ1v) is 7.02. The second-order valence-electron chi connectivity index (χ2n) is 5.59. The number of carbonyl (C=O) groups is 1. The van der Waals surface area contributed by atoms with Gasteiger partial charge in [-0.1, -0.05) is 32.1 Å². The number of thiazole rings is 1. The minimum atomic E-state index is -0.0616. The van der Waals surface area contributed by atoms with Gasteiger partial charge in [0.1, 0.15) is 0 Å². The summed E-state index contributed by atoms with van der Waals surface area (Å²) in [5.41, 5.74) is 0.875.